The molecule has 0 aliphatic carbocycles. The molecular formula is C11H17N5O3. The number of hydrogen-bond donors (Lipinski definition) is 2. The third kappa shape index (κ3) is 3.08. The number of rotatable bonds is 4. The van der Waals surface area contributed by atoms with E-state index < -0.39 is 12.0 Å². The van der Waals surface area contributed by atoms with E-state index in [1.165, 1.54) is 9.58 Å². The van der Waals surface area contributed by atoms with Gasteiger partial charge >= 0.3 is 5.97 Å². The van der Waals surface area contributed by atoms with Crippen molar-refractivity contribution in [2.24, 2.45) is 5.73 Å². The summed E-state index contributed by atoms with van der Waals surface area (Å²) in [4.78, 5) is 24.7. The van der Waals surface area contributed by atoms with Crippen molar-refractivity contribution in [3.05, 3.63) is 11.9 Å². The van der Waals surface area contributed by atoms with Gasteiger partial charge in [0.05, 0.1) is 11.9 Å². The number of likely N-dealkylation sites (tertiary alicyclic amines) is 1. The zero-order valence-corrected chi connectivity index (χ0v) is 10.5. The predicted octanol–water partition coefficient (Wildman–Crippen LogP) is -0.797. The molecule has 3 N–H and O–H groups in total. The molecule has 1 aromatic rings. The SMILES string of the molecule is NCc1cn(CC(=O)N2CCCC[C@@H]2C(=O)O)nn1. The molecule has 19 heavy (non-hydrogen) atoms. The van der Waals surface area contributed by atoms with E-state index in [0.717, 1.165) is 12.8 Å². The van der Waals surface area contributed by atoms with E-state index in [2.05, 4.69) is 10.3 Å². The highest BCUT2D eigenvalue weighted by molar-refractivity contribution is 5.83. The van der Waals surface area contributed by atoms with E-state index in [4.69, 9.17) is 10.8 Å². The summed E-state index contributed by atoms with van der Waals surface area (Å²) in [6, 6.07) is -0.723. The molecule has 1 atom stereocenters. The molecule has 8 heteroatoms. The van der Waals surface area contributed by atoms with Crippen LogP contribution in [0.4, 0.5) is 0 Å². The lowest BCUT2D eigenvalue weighted by atomic mass is 10.0. The Morgan fingerprint density at radius 1 is 1.47 bits per heavy atom. The summed E-state index contributed by atoms with van der Waals surface area (Å²) in [5.74, 6) is -1.20. The first-order valence-corrected chi connectivity index (χ1v) is 6.23. The molecule has 1 aliphatic rings. The minimum Gasteiger partial charge on any atom is -0.480 e. The van der Waals surface area contributed by atoms with Crippen molar-refractivity contribution in [1.82, 2.24) is 19.9 Å². The maximum atomic E-state index is 12.1. The molecule has 0 aromatic carbocycles. The van der Waals surface area contributed by atoms with Crippen LogP contribution in [0.5, 0.6) is 0 Å². The number of piperidine rings is 1. The Morgan fingerprint density at radius 3 is 2.89 bits per heavy atom. The molecule has 0 radical (unpaired) electrons. The van der Waals surface area contributed by atoms with E-state index in [-0.39, 0.29) is 19.0 Å². The van der Waals surface area contributed by atoms with E-state index in [9.17, 15) is 9.59 Å². The smallest absolute Gasteiger partial charge is 0.326 e. The van der Waals surface area contributed by atoms with Gasteiger partial charge in [-0.1, -0.05) is 5.21 Å². The minimum atomic E-state index is -0.950. The largest absolute Gasteiger partial charge is 0.480 e. The van der Waals surface area contributed by atoms with Gasteiger partial charge in [-0.3, -0.25) is 4.79 Å². The van der Waals surface area contributed by atoms with Crippen LogP contribution in [0.2, 0.25) is 0 Å². The predicted molar refractivity (Wildman–Crippen MR) is 64.9 cm³/mol. The molecule has 0 bridgehead atoms. The normalized spacial score (nSPS) is 19.4. The van der Waals surface area contributed by atoms with Crippen LogP contribution in [-0.2, 0) is 22.7 Å². The van der Waals surface area contributed by atoms with Crippen molar-refractivity contribution >= 4 is 11.9 Å². The summed E-state index contributed by atoms with van der Waals surface area (Å²) in [5, 5.41) is 16.7. The first kappa shape index (κ1) is 13.5. The van der Waals surface area contributed by atoms with Crippen LogP contribution in [0.15, 0.2) is 6.20 Å². The van der Waals surface area contributed by atoms with Crippen LogP contribution in [0.1, 0.15) is 25.0 Å². The molecule has 0 spiro atoms. The standard InChI is InChI=1S/C11H17N5O3/c12-5-8-6-15(14-13-8)7-10(17)16-4-2-1-3-9(16)11(18)19/h6,9H,1-5,7,12H2,(H,18,19)/t9-/m1/s1. The summed E-state index contributed by atoms with van der Waals surface area (Å²) >= 11 is 0. The number of carboxylic acids is 1. The second kappa shape index (κ2) is 5.79. The second-order valence-corrected chi connectivity index (χ2v) is 4.55. The number of aromatic nitrogens is 3. The van der Waals surface area contributed by atoms with Crippen LogP contribution in [0.3, 0.4) is 0 Å². The Kier molecular flexibility index (Phi) is 4.10. The fourth-order valence-corrected chi connectivity index (χ4v) is 2.23. The van der Waals surface area contributed by atoms with Crippen LogP contribution in [0, 0.1) is 0 Å². The topological polar surface area (TPSA) is 114 Å². The van der Waals surface area contributed by atoms with Gasteiger partial charge in [0.25, 0.3) is 0 Å². The minimum absolute atomic E-state index is 0.00319. The summed E-state index contributed by atoms with van der Waals surface area (Å²) < 4.78 is 1.39. The highest BCUT2D eigenvalue weighted by Gasteiger charge is 2.31. The van der Waals surface area contributed by atoms with Gasteiger partial charge in [0.1, 0.15) is 12.6 Å². The Balaban J connectivity index is 2.03. The Bertz CT molecular complexity index is 473. The van der Waals surface area contributed by atoms with Crippen molar-refractivity contribution in [3.63, 3.8) is 0 Å². The van der Waals surface area contributed by atoms with Gasteiger partial charge in [0.2, 0.25) is 5.91 Å². The van der Waals surface area contributed by atoms with Gasteiger partial charge in [0, 0.05) is 13.1 Å². The van der Waals surface area contributed by atoms with E-state index in [0.29, 0.717) is 18.7 Å². The van der Waals surface area contributed by atoms with Crippen molar-refractivity contribution in [3.8, 4) is 0 Å². The van der Waals surface area contributed by atoms with E-state index in [1.54, 1.807) is 6.20 Å². The van der Waals surface area contributed by atoms with Crippen LogP contribution in [0.25, 0.3) is 0 Å². The molecule has 1 saturated heterocycles. The van der Waals surface area contributed by atoms with Gasteiger partial charge in [0.15, 0.2) is 0 Å². The summed E-state index contributed by atoms with van der Waals surface area (Å²) in [5.41, 5.74) is 6.01. The van der Waals surface area contributed by atoms with Crippen LogP contribution < -0.4 is 5.73 Å². The van der Waals surface area contributed by atoms with Crippen LogP contribution in [-0.4, -0.2) is 49.5 Å². The van der Waals surface area contributed by atoms with Crippen molar-refractivity contribution in [1.29, 1.82) is 0 Å². The molecule has 1 fully saturated rings. The summed E-state index contributed by atoms with van der Waals surface area (Å²) in [6.07, 6.45) is 3.77. The Labute approximate surface area is 110 Å². The molecule has 1 amide bonds. The maximum absolute atomic E-state index is 12.1. The van der Waals surface area contributed by atoms with Crippen LogP contribution >= 0.6 is 0 Å². The zero-order valence-electron chi connectivity index (χ0n) is 10.5. The van der Waals surface area contributed by atoms with E-state index >= 15 is 0 Å². The van der Waals surface area contributed by atoms with Gasteiger partial charge in [-0.2, -0.15) is 0 Å². The van der Waals surface area contributed by atoms with Gasteiger partial charge in [-0.05, 0) is 19.3 Å². The lowest BCUT2D eigenvalue weighted by Crippen LogP contribution is -2.49. The first-order chi connectivity index (χ1) is 9.11. The van der Waals surface area contributed by atoms with Crippen molar-refractivity contribution in [2.45, 2.75) is 38.4 Å². The van der Waals surface area contributed by atoms with Gasteiger partial charge < -0.3 is 15.7 Å². The molecule has 2 rings (SSSR count). The molecular weight excluding hydrogens is 250 g/mol. The first-order valence-electron chi connectivity index (χ1n) is 6.23. The van der Waals surface area contributed by atoms with Gasteiger partial charge in [-0.25, -0.2) is 9.48 Å². The second-order valence-electron chi connectivity index (χ2n) is 4.55. The number of amides is 1. The zero-order chi connectivity index (χ0) is 13.8. The number of nitrogens with two attached hydrogens (primary N) is 1. The Morgan fingerprint density at radius 2 is 2.26 bits per heavy atom. The number of aliphatic carboxylic acids is 1. The number of carbonyl (C=O) groups is 2. The maximum Gasteiger partial charge on any atom is 0.326 e. The number of nitrogens with zero attached hydrogens (tertiary/aromatic N) is 4. The quantitative estimate of drug-likeness (QED) is 0.738. The lowest BCUT2D eigenvalue weighted by Gasteiger charge is -2.32. The lowest BCUT2D eigenvalue weighted by molar-refractivity contribution is -0.152. The number of hydrogen-bond acceptors (Lipinski definition) is 5. The third-order valence-electron chi connectivity index (χ3n) is 3.20. The molecule has 0 unspecified atom stereocenters. The molecule has 1 aliphatic heterocycles. The van der Waals surface area contributed by atoms with Crippen molar-refractivity contribution in [2.75, 3.05) is 6.54 Å². The van der Waals surface area contributed by atoms with E-state index in [1.807, 2.05) is 0 Å². The number of carbonyl (C=O) groups excluding carboxylic acids is 1. The van der Waals surface area contributed by atoms with Crippen molar-refractivity contribution < 1.29 is 14.7 Å². The molecule has 1 aromatic heterocycles. The summed E-state index contributed by atoms with van der Waals surface area (Å²) in [7, 11) is 0. The average molecular weight is 267 g/mol. The highest BCUT2D eigenvalue weighted by Crippen LogP contribution is 2.17. The third-order valence-corrected chi connectivity index (χ3v) is 3.20. The highest BCUT2D eigenvalue weighted by atomic mass is 16.4. The molecule has 2 heterocycles. The Hall–Kier alpha value is -1.96. The summed E-state index contributed by atoms with van der Waals surface area (Å²) in [6.45, 7) is 0.737. The molecule has 0 saturated carbocycles. The fraction of sp³-hybridized carbons (Fsp3) is 0.636. The number of carboxylic acid groups (broad SMARTS) is 1. The molecule has 8 nitrogen and oxygen atoms in total. The fourth-order valence-electron chi connectivity index (χ4n) is 2.23. The van der Waals surface area contributed by atoms with Gasteiger partial charge in [-0.15, -0.1) is 5.10 Å². The average Bonchev–Trinajstić information content (AvgIpc) is 2.86. The molecule has 104 valence electrons. The monoisotopic (exact) mass is 267 g/mol.